The minimum atomic E-state index is -0.0224. The third kappa shape index (κ3) is 5.94. The lowest BCUT2D eigenvalue weighted by Crippen LogP contribution is -2.27. The van der Waals surface area contributed by atoms with Crippen molar-refractivity contribution in [2.24, 2.45) is 0 Å². The summed E-state index contributed by atoms with van der Waals surface area (Å²) in [6.07, 6.45) is 1.83. The van der Waals surface area contributed by atoms with Gasteiger partial charge >= 0.3 is 0 Å². The Hall–Kier alpha value is -3.29. The second-order valence-corrected chi connectivity index (χ2v) is 9.08. The zero-order chi connectivity index (χ0) is 22.9. The molecule has 0 saturated heterocycles. The summed E-state index contributed by atoms with van der Waals surface area (Å²) in [4.78, 5) is 16.2. The maximum atomic E-state index is 13.3. The fourth-order valence-electron chi connectivity index (χ4n) is 3.29. The Labute approximate surface area is 202 Å². The predicted molar refractivity (Wildman–Crippen MR) is 137 cm³/mol. The number of benzene rings is 3. The first-order valence-electron chi connectivity index (χ1n) is 10.5. The van der Waals surface area contributed by atoms with Gasteiger partial charge in [-0.05, 0) is 36.4 Å². The molecule has 0 N–H and O–H groups in total. The van der Waals surface area contributed by atoms with Crippen LogP contribution in [0.25, 0.3) is 0 Å². The van der Waals surface area contributed by atoms with Gasteiger partial charge < -0.3 is 4.57 Å². The molecule has 4 aromatic rings. The van der Waals surface area contributed by atoms with Crippen LogP contribution in [0.5, 0.6) is 0 Å². The molecular formula is C26H24N4OS2. The summed E-state index contributed by atoms with van der Waals surface area (Å²) in [5.41, 5.74) is 1.67. The van der Waals surface area contributed by atoms with Crippen LogP contribution in [0.15, 0.2) is 114 Å². The van der Waals surface area contributed by atoms with Gasteiger partial charge in [0.25, 0.3) is 0 Å². The largest absolute Gasteiger partial charge is 0.301 e. The van der Waals surface area contributed by atoms with E-state index in [-0.39, 0.29) is 11.7 Å². The summed E-state index contributed by atoms with van der Waals surface area (Å²) < 4.78 is 2.02. The fraction of sp³-hybridized carbons (Fsp3) is 0.115. The predicted octanol–water partition coefficient (Wildman–Crippen LogP) is 6.21. The van der Waals surface area contributed by atoms with Gasteiger partial charge in [-0.3, -0.25) is 9.69 Å². The van der Waals surface area contributed by atoms with Crippen LogP contribution in [0.3, 0.4) is 0 Å². The van der Waals surface area contributed by atoms with Gasteiger partial charge in [-0.25, -0.2) is 0 Å². The zero-order valence-corrected chi connectivity index (χ0v) is 19.7. The molecule has 3 aromatic carbocycles. The van der Waals surface area contributed by atoms with Crippen molar-refractivity contribution in [1.82, 2.24) is 14.8 Å². The Morgan fingerprint density at radius 2 is 1.42 bits per heavy atom. The number of hydrogen-bond acceptors (Lipinski definition) is 5. The van der Waals surface area contributed by atoms with Crippen molar-refractivity contribution >= 4 is 40.8 Å². The third-order valence-electron chi connectivity index (χ3n) is 4.82. The van der Waals surface area contributed by atoms with E-state index in [9.17, 15) is 4.79 Å². The van der Waals surface area contributed by atoms with Crippen molar-refractivity contribution < 1.29 is 4.79 Å². The highest BCUT2D eigenvalue weighted by Crippen LogP contribution is 2.28. The third-order valence-corrected chi connectivity index (χ3v) is 6.78. The number of rotatable bonds is 10. The van der Waals surface area contributed by atoms with E-state index in [2.05, 4.69) is 28.9 Å². The van der Waals surface area contributed by atoms with Gasteiger partial charge in [-0.2, -0.15) is 0 Å². The smallest absolute Gasteiger partial charge is 0.242 e. The summed E-state index contributed by atoms with van der Waals surface area (Å²) in [6.45, 7) is 4.46. The van der Waals surface area contributed by atoms with Crippen molar-refractivity contribution in [3.05, 3.63) is 109 Å². The molecule has 7 heteroatoms. The second kappa shape index (κ2) is 11.5. The maximum absolute atomic E-state index is 13.3. The van der Waals surface area contributed by atoms with Crippen LogP contribution in [0.1, 0.15) is 5.82 Å². The van der Waals surface area contributed by atoms with Crippen LogP contribution in [-0.2, 0) is 17.1 Å². The number of nitrogens with zero attached hydrogens (tertiary/aromatic N) is 4. The van der Waals surface area contributed by atoms with Gasteiger partial charge in [-0.1, -0.05) is 72.4 Å². The normalized spacial score (nSPS) is 10.7. The minimum Gasteiger partial charge on any atom is -0.301 e. The Balaban J connectivity index is 1.49. The summed E-state index contributed by atoms with van der Waals surface area (Å²) in [5.74, 6) is 1.78. The van der Waals surface area contributed by atoms with Gasteiger partial charge in [0.15, 0.2) is 5.16 Å². The van der Waals surface area contributed by atoms with E-state index >= 15 is 0 Å². The molecule has 4 rings (SSSR count). The SMILES string of the molecule is C=CCn1c(CSc2ccccc2)nnc1SCC(=O)N(c1ccccc1)c1ccccc1. The van der Waals surface area contributed by atoms with E-state index in [1.54, 1.807) is 16.7 Å². The number of carbonyl (C=O) groups is 1. The van der Waals surface area contributed by atoms with E-state index < -0.39 is 0 Å². The highest BCUT2D eigenvalue weighted by Gasteiger charge is 2.20. The number of amides is 1. The van der Waals surface area contributed by atoms with Gasteiger partial charge in [-0.15, -0.1) is 28.5 Å². The maximum Gasteiger partial charge on any atom is 0.242 e. The van der Waals surface area contributed by atoms with E-state index in [4.69, 9.17) is 0 Å². The lowest BCUT2D eigenvalue weighted by atomic mass is 10.2. The van der Waals surface area contributed by atoms with Crippen LogP contribution < -0.4 is 4.90 Å². The first kappa shape index (κ1) is 22.9. The van der Waals surface area contributed by atoms with Crippen LogP contribution in [0.4, 0.5) is 11.4 Å². The summed E-state index contributed by atoms with van der Waals surface area (Å²) >= 11 is 3.11. The average molecular weight is 473 g/mol. The molecule has 0 unspecified atom stereocenters. The highest BCUT2D eigenvalue weighted by molar-refractivity contribution is 7.99. The molecule has 1 heterocycles. The zero-order valence-electron chi connectivity index (χ0n) is 18.1. The molecule has 33 heavy (non-hydrogen) atoms. The molecule has 1 amide bonds. The molecule has 0 aliphatic rings. The van der Waals surface area contributed by atoms with Gasteiger partial charge in [0.2, 0.25) is 5.91 Å². The van der Waals surface area contributed by atoms with Crippen molar-refractivity contribution in [1.29, 1.82) is 0 Å². The molecule has 0 radical (unpaired) electrons. The van der Waals surface area contributed by atoms with E-state index in [1.165, 1.54) is 16.7 Å². The highest BCUT2D eigenvalue weighted by atomic mass is 32.2. The quantitative estimate of drug-likeness (QED) is 0.203. The number of aromatic nitrogens is 3. The van der Waals surface area contributed by atoms with Gasteiger partial charge in [0, 0.05) is 22.8 Å². The number of carbonyl (C=O) groups excluding carboxylic acids is 1. The fourth-order valence-corrected chi connectivity index (χ4v) is 4.97. The van der Waals surface area contributed by atoms with Crippen molar-refractivity contribution in [2.45, 2.75) is 22.3 Å². The Bertz CT molecular complexity index is 1140. The molecule has 0 bridgehead atoms. The van der Waals surface area contributed by atoms with E-state index in [0.29, 0.717) is 17.5 Å². The number of allylic oxidation sites excluding steroid dienone is 1. The standard InChI is InChI=1S/C26H24N4OS2/c1-2-18-29-24(19-32-23-16-10-5-11-17-23)27-28-26(29)33-20-25(31)30(21-12-6-3-7-13-21)22-14-8-4-9-15-22/h2-17H,1,18-20H2. The number of anilines is 2. The topological polar surface area (TPSA) is 51.0 Å². The molecule has 5 nitrogen and oxygen atoms in total. The molecule has 0 fully saturated rings. The number of thioether (sulfide) groups is 2. The lowest BCUT2D eigenvalue weighted by molar-refractivity contribution is -0.115. The first-order chi connectivity index (χ1) is 16.3. The lowest BCUT2D eigenvalue weighted by Gasteiger charge is -2.23. The van der Waals surface area contributed by atoms with Gasteiger partial charge in [0.05, 0.1) is 11.5 Å². The Kier molecular flexibility index (Phi) is 8.00. The molecular weight excluding hydrogens is 448 g/mol. The number of hydrogen-bond donors (Lipinski definition) is 0. The van der Waals surface area contributed by atoms with Crippen molar-refractivity contribution in [3.8, 4) is 0 Å². The summed E-state index contributed by atoms with van der Waals surface area (Å²) in [5, 5.41) is 9.47. The first-order valence-corrected chi connectivity index (χ1v) is 12.5. The Morgan fingerprint density at radius 3 is 2.00 bits per heavy atom. The van der Waals surface area contributed by atoms with Crippen LogP contribution in [0, 0.1) is 0 Å². The molecule has 1 aromatic heterocycles. The number of para-hydroxylation sites is 2. The van der Waals surface area contributed by atoms with E-state index in [0.717, 1.165) is 17.2 Å². The molecule has 0 aliphatic carbocycles. The molecule has 0 spiro atoms. The van der Waals surface area contributed by atoms with Crippen LogP contribution in [-0.4, -0.2) is 26.4 Å². The molecule has 0 atom stereocenters. The monoisotopic (exact) mass is 472 g/mol. The summed E-state index contributed by atoms with van der Waals surface area (Å²) in [6, 6.07) is 29.6. The second-order valence-electron chi connectivity index (χ2n) is 7.09. The van der Waals surface area contributed by atoms with Crippen LogP contribution in [0.2, 0.25) is 0 Å². The van der Waals surface area contributed by atoms with E-state index in [1.807, 2.05) is 89.5 Å². The van der Waals surface area contributed by atoms with Crippen molar-refractivity contribution in [2.75, 3.05) is 10.7 Å². The molecule has 166 valence electrons. The van der Waals surface area contributed by atoms with Crippen molar-refractivity contribution in [3.63, 3.8) is 0 Å². The van der Waals surface area contributed by atoms with Crippen LogP contribution >= 0.6 is 23.5 Å². The molecule has 0 aliphatic heterocycles. The Morgan fingerprint density at radius 1 is 0.848 bits per heavy atom. The average Bonchev–Trinajstić information content (AvgIpc) is 3.25. The summed E-state index contributed by atoms with van der Waals surface area (Å²) in [7, 11) is 0. The minimum absolute atomic E-state index is 0.0224. The van der Waals surface area contributed by atoms with Gasteiger partial charge in [0.1, 0.15) is 5.82 Å². The molecule has 0 saturated carbocycles.